The third kappa shape index (κ3) is 3.35. The molecule has 2 aromatic rings. The highest BCUT2D eigenvalue weighted by atomic mass is 35.5. The van der Waals surface area contributed by atoms with Gasteiger partial charge in [0.15, 0.2) is 0 Å². The van der Waals surface area contributed by atoms with Crippen molar-refractivity contribution in [3.05, 3.63) is 74.5 Å². The molecule has 2 aliphatic heterocycles. The lowest BCUT2D eigenvalue weighted by Gasteiger charge is -2.42. The topological polar surface area (TPSA) is 47.3 Å². The van der Waals surface area contributed by atoms with Crippen molar-refractivity contribution in [2.24, 2.45) is 0 Å². The maximum atomic E-state index is 14.4. The molecule has 142 valence electrons. The van der Waals surface area contributed by atoms with Crippen molar-refractivity contribution in [3.8, 4) is 6.07 Å². The molecule has 2 aliphatic rings. The molecule has 28 heavy (non-hydrogen) atoms. The number of thioether (sulfide) groups is 1. The number of fused-ring (bicyclic) bond motifs is 1. The van der Waals surface area contributed by atoms with Crippen LogP contribution in [0.5, 0.6) is 0 Å². The zero-order valence-corrected chi connectivity index (χ0v) is 16.9. The Kier molecular flexibility index (Phi) is 5.24. The van der Waals surface area contributed by atoms with E-state index in [1.807, 2.05) is 23.1 Å². The smallest absolute Gasteiger partial charge is 0.229 e. The third-order valence-electron chi connectivity index (χ3n) is 4.82. The highest BCUT2D eigenvalue weighted by Gasteiger charge is 2.39. The molecule has 0 aliphatic carbocycles. The lowest BCUT2D eigenvalue weighted by atomic mass is 9.86. The standard InChI is InChI=1S/C20H14Cl2FN3OS/c21-12-3-1-4-13(7-12)25-10-26-18(27)8-14(15(9-24)20(26)28-11-25)19-16(22)5-2-6-17(19)23/h1-7,14H,8,10-11H2/t14-/m1/s1. The summed E-state index contributed by atoms with van der Waals surface area (Å²) < 4.78 is 14.4. The molecule has 2 heterocycles. The first-order chi connectivity index (χ1) is 13.5. The quantitative estimate of drug-likeness (QED) is 0.639. The van der Waals surface area contributed by atoms with E-state index in [9.17, 15) is 14.4 Å². The van der Waals surface area contributed by atoms with Crippen molar-refractivity contribution in [1.82, 2.24) is 4.90 Å². The third-order valence-corrected chi connectivity index (χ3v) is 6.53. The molecule has 1 saturated heterocycles. The minimum atomic E-state index is -0.678. The summed E-state index contributed by atoms with van der Waals surface area (Å²) in [5, 5.41) is 11.2. The SMILES string of the molecule is N#CC1=C2SCN(c3cccc(Cl)c3)CN2C(=O)C[C@H]1c1c(F)cccc1Cl. The second kappa shape index (κ2) is 7.67. The van der Waals surface area contributed by atoms with Crippen LogP contribution >= 0.6 is 35.0 Å². The number of nitrogens with zero attached hydrogens (tertiary/aromatic N) is 3. The van der Waals surface area contributed by atoms with Gasteiger partial charge < -0.3 is 4.90 Å². The van der Waals surface area contributed by atoms with E-state index in [1.165, 1.54) is 23.9 Å². The van der Waals surface area contributed by atoms with Crippen LogP contribution in [0.1, 0.15) is 17.9 Å². The molecule has 2 aromatic carbocycles. The van der Waals surface area contributed by atoms with Crippen LogP contribution in [0.2, 0.25) is 10.0 Å². The largest absolute Gasteiger partial charge is 0.344 e. The summed E-state index contributed by atoms with van der Waals surface area (Å²) in [7, 11) is 0. The summed E-state index contributed by atoms with van der Waals surface area (Å²) in [6.45, 7) is 0.310. The fraction of sp³-hybridized carbons (Fsp3) is 0.200. The average Bonchev–Trinajstić information content (AvgIpc) is 2.68. The van der Waals surface area contributed by atoms with Crippen LogP contribution in [0.3, 0.4) is 0 Å². The summed E-state index contributed by atoms with van der Waals surface area (Å²) in [6, 6.07) is 14.0. The fourth-order valence-corrected chi connectivity index (χ4v) is 5.14. The van der Waals surface area contributed by atoms with Gasteiger partial charge in [0.1, 0.15) is 5.82 Å². The number of amides is 1. The van der Waals surface area contributed by atoms with E-state index in [0.717, 1.165) is 5.69 Å². The van der Waals surface area contributed by atoms with E-state index in [2.05, 4.69) is 6.07 Å². The summed E-state index contributed by atoms with van der Waals surface area (Å²) in [5.41, 5.74) is 1.48. The molecule has 8 heteroatoms. The lowest BCUT2D eigenvalue weighted by Crippen LogP contribution is -2.47. The van der Waals surface area contributed by atoms with Crippen LogP contribution < -0.4 is 4.90 Å². The Hall–Kier alpha value is -2.20. The van der Waals surface area contributed by atoms with Gasteiger partial charge in [-0.2, -0.15) is 5.26 Å². The van der Waals surface area contributed by atoms with Gasteiger partial charge in [-0.15, -0.1) is 0 Å². The number of halogens is 3. The molecule has 0 spiro atoms. The van der Waals surface area contributed by atoms with Crippen molar-refractivity contribution < 1.29 is 9.18 Å². The molecule has 0 bridgehead atoms. The van der Waals surface area contributed by atoms with Gasteiger partial charge in [-0.3, -0.25) is 9.69 Å². The number of allylic oxidation sites excluding steroid dienone is 1. The van der Waals surface area contributed by atoms with E-state index in [1.54, 1.807) is 17.0 Å². The second-order valence-electron chi connectivity index (χ2n) is 6.48. The van der Waals surface area contributed by atoms with Crippen LogP contribution in [-0.2, 0) is 4.79 Å². The zero-order valence-electron chi connectivity index (χ0n) is 14.5. The van der Waals surface area contributed by atoms with E-state index in [-0.39, 0.29) is 22.9 Å². The number of carbonyl (C=O) groups excluding carboxylic acids is 1. The summed E-state index contributed by atoms with van der Waals surface area (Å²) >= 11 is 13.7. The van der Waals surface area contributed by atoms with Crippen LogP contribution in [-0.4, -0.2) is 23.4 Å². The first kappa shape index (κ1) is 19.1. The van der Waals surface area contributed by atoms with Crippen molar-refractivity contribution in [2.45, 2.75) is 12.3 Å². The molecule has 1 amide bonds. The fourth-order valence-electron chi connectivity index (χ4n) is 3.49. The molecular weight excluding hydrogens is 420 g/mol. The number of nitriles is 1. The molecule has 4 rings (SSSR count). The minimum Gasteiger partial charge on any atom is -0.344 e. The number of benzene rings is 2. The van der Waals surface area contributed by atoms with Gasteiger partial charge in [-0.1, -0.05) is 47.1 Å². The summed E-state index contributed by atoms with van der Waals surface area (Å²) in [4.78, 5) is 16.5. The molecule has 0 aromatic heterocycles. The molecule has 0 radical (unpaired) electrons. The number of carbonyl (C=O) groups is 1. The van der Waals surface area contributed by atoms with E-state index in [0.29, 0.717) is 28.2 Å². The van der Waals surface area contributed by atoms with Crippen LogP contribution in [0, 0.1) is 17.1 Å². The molecule has 1 fully saturated rings. The molecule has 0 N–H and O–H groups in total. The summed E-state index contributed by atoms with van der Waals surface area (Å²) in [6.07, 6.45) is -0.00298. The van der Waals surface area contributed by atoms with Gasteiger partial charge in [-0.05, 0) is 30.3 Å². The number of hydrogen-bond acceptors (Lipinski definition) is 4. The van der Waals surface area contributed by atoms with Crippen molar-refractivity contribution in [1.29, 1.82) is 5.26 Å². The minimum absolute atomic E-state index is 0.00298. The lowest BCUT2D eigenvalue weighted by molar-refractivity contribution is -0.129. The maximum absolute atomic E-state index is 14.4. The monoisotopic (exact) mass is 433 g/mol. The Bertz CT molecular complexity index is 1020. The van der Waals surface area contributed by atoms with Gasteiger partial charge in [0.2, 0.25) is 5.91 Å². The van der Waals surface area contributed by atoms with Crippen molar-refractivity contribution in [2.75, 3.05) is 17.4 Å². The molecule has 0 saturated carbocycles. The summed E-state index contributed by atoms with van der Waals surface area (Å²) in [5.74, 6) is -0.809. The molecule has 1 atom stereocenters. The molecule has 4 nitrogen and oxygen atoms in total. The van der Waals surface area contributed by atoms with Gasteiger partial charge in [0.25, 0.3) is 0 Å². The zero-order chi connectivity index (χ0) is 19.8. The Morgan fingerprint density at radius 3 is 2.71 bits per heavy atom. The second-order valence-corrected chi connectivity index (χ2v) is 8.26. The van der Waals surface area contributed by atoms with Crippen molar-refractivity contribution >= 4 is 46.6 Å². The first-order valence-electron chi connectivity index (χ1n) is 8.51. The average molecular weight is 434 g/mol. The van der Waals surface area contributed by atoms with Crippen LogP contribution in [0.4, 0.5) is 10.1 Å². The van der Waals surface area contributed by atoms with Gasteiger partial charge in [0.05, 0.1) is 29.2 Å². The Labute approximate surface area is 176 Å². The van der Waals surface area contributed by atoms with Gasteiger partial charge in [-0.25, -0.2) is 4.39 Å². The van der Waals surface area contributed by atoms with E-state index >= 15 is 0 Å². The molecule has 0 unspecified atom stereocenters. The normalized spacial score (nSPS) is 19.5. The number of rotatable bonds is 2. The first-order valence-corrected chi connectivity index (χ1v) is 10.3. The number of anilines is 1. The predicted molar refractivity (Wildman–Crippen MR) is 110 cm³/mol. The Balaban J connectivity index is 1.71. The van der Waals surface area contributed by atoms with Gasteiger partial charge in [0, 0.05) is 33.6 Å². The van der Waals surface area contributed by atoms with Gasteiger partial charge >= 0.3 is 0 Å². The maximum Gasteiger partial charge on any atom is 0.229 e. The predicted octanol–water partition coefficient (Wildman–Crippen LogP) is 5.35. The van der Waals surface area contributed by atoms with Crippen LogP contribution in [0.25, 0.3) is 0 Å². The highest BCUT2D eigenvalue weighted by molar-refractivity contribution is 8.03. The van der Waals surface area contributed by atoms with E-state index in [4.69, 9.17) is 23.2 Å². The Morgan fingerprint density at radius 1 is 1.21 bits per heavy atom. The Morgan fingerprint density at radius 2 is 2.00 bits per heavy atom. The molecular formula is C20H14Cl2FN3OS. The number of hydrogen-bond donors (Lipinski definition) is 0. The van der Waals surface area contributed by atoms with Crippen molar-refractivity contribution in [3.63, 3.8) is 0 Å². The van der Waals surface area contributed by atoms with E-state index < -0.39 is 11.7 Å². The highest BCUT2D eigenvalue weighted by Crippen LogP contribution is 2.45. The van der Waals surface area contributed by atoms with Crippen LogP contribution in [0.15, 0.2) is 53.1 Å².